The van der Waals surface area contributed by atoms with Gasteiger partial charge in [-0.15, -0.1) is 0 Å². The predicted molar refractivity (Wildman–Crippen MR) is 103 cm³/mol. The van der Waals surface area contributed by atoms with Crippen LogP contribution in [0.5, 0.6) is 0 Å². The fourth-order valence-corrected chi connectivity index (χ4v) is 4.92. The minimum atomic E-state index is -0.0907. The lowest BCUT2D eigenvalue weighted by molar-refractivity contribution is -0.126. The van der Waals surface area contributed by atoms with Gasteiger partial charge in [-0.25, -0.2) is 0 Å². The molecule has 1 atom stereocenters. The minimum absolute atomic E-state index is 0.0183. The number of hydrogen-bond acceptors (Lipinski definition) is 2. The molecule has 2 bridgehead atoms. The quantitative estimate of drug-likeness (QED) is 0.861. The van der Waals surface area contributed by atoms with Crippen molar-refractivity contribution in [2.45, 2.75) is 31.1 Å². The molecule has 1 unspecified atom stereocenters. The summed E-state index contributed by atoms with van der Waals surface area (Å²) < 4.78 is 0. The van der Waals surface area contributed by atoms with Gasteiger partial charge in [0.25, 0.3) is 0 Å². The highest BCUT2D eigenvalue weighted by atomic mass is 16.2. The van der Waals surface area contributed by atoms with Crippen LogP contribution in [-0.2, 0) is 9.59 Å². The zero-order valence-corrected chi connectivity index (χ0v) is 15.3. The molecule has 4 heteroatoms. The van der Waals surface area contributed by atoms with Crippen LogP contribution >= 0.6 is 0 Å². The van der Waals surface area contributed by atoms with E-state index in [9.17, 15) is 9.59 Å². The third-order valence-electron chi connectivity index (χ3n) is 6.36. The Kier molecular flexibility index (Phi) is 4.00. The standard InChI is InChI=1S/C23H24N2O2/c26-21(13-25-23(27)14-9-10-14)24-12-15-11-20-16-5-1-3-7-18(16)22(15)19-8-4-2-6-17(19)20/h1-8,14-15,20,22H,9-13H2,(H,24,26)(H,25,27). The molecule has 0 spiro atoms. The van der Waals surface area contributed by atoms with Crippen LogP contribution in [0.15, 0.2) is 48.5 Å². The maximum Gasteiger partial charge on any atom is 0.239 e. The lowest BCUT2D eigenvalue weighted by atomic mass is 9.59. The van der Waals surface area contributed by atoms with Gasteiger partial charge < -0.3 is 10.6 Å². The molecule has 4 aliphatic carbocycles. The summed E-state index contributed by atoms with van der Waals surface area (Å²) in [6.07, 6.45) is 2.97. The van der Waals surface area contributed by atoms with Crippen molar-refractivity contribution in [2.75, 3.05) is 13.1 Å². The third kappa shape index (κ3) is 2.93. The first-order chi connectivity index (χ1) is 13.2. The van der Waals surface area contributed by atoms with Crippen LogP contribution in [0.3, 0.4) is 0 Å². The Labute approximate surface area is 159 Å². The Bertz CT molecular complexity index is 855. The average molecular weight is 360 g/mol. The molecular weight excluding hydrogens is 336 g/mol. The van der Waals surface area contributed by atoms with Gasteiger partial charge in [-0.3, -0.25) is 9.59 Å². The van der Waals surface area contributed by atoms with Gasteiger partial charge >= 0.3 is 0 Å². The Morgan fingerprint density at radius 2 is 1.44 bits per heavy atom. The van der Waals surface area contributed by atoms with Crippen molar-refractivity contribution < 1.29 is 9.59 Å². The molecule has 0 aromatic heterocycles. The molecule has 2 N–H and O–H groups in total. The normalized spacial score (nSPS) is 24.7. The second-order valence-electron chi connectivity index (χ2n) is 8.08. The Balaban J connectivity index is 1.30. The number of hydrogen-bond donors (Lipinski definition) is 2. The van der Waals surface area contributed by atoms with Crippen molar-refractivity contribution in [3.8, 4) is 0 Å². The topological polar surface area (TPSA) is 58.2 Å². The van der Waals surface area contributed by atoms with E-state index in [4.69, 9.17) is 0 Å². The van der Waals surface area contributed by atoms with E-state index in [2.05, 4.69) is 59.2 Å². The van der Waals surface area contributed by atoms with Gasteiger partial charge in [-0.1, -0.05) is 48.5 Å². The lowest BCUT2D eigenvalue weighted by Gasteiger charge is -2.45. The molecule has 138 valence electrons. The highest BCUT2D eigenvalue weighted by Crippen LogP contribution is 2.55. The van der Waals surface area contributed by atoms with Gasteiger partial charge in [0.15, 0.2) is 0 Å². The number of nitrogens with one attached hydrogen (secondary N) is 2. The second-order valence-corrected chi connectivity index (χ2v) is 8.08. The second kappa shape index (κ2) is 6.52. The van der Waals surface area contributed by atoms with Crippen molar-refractivity contribution in [3.05, 3.63) is 70.8 Å². The molecule has 0 heterocycles. The van der Waals surface area contributed by atoms with Crippen LogP contribution in [0.4, 0.5) is 0 Å². The summed E-state index contributed by atoms with van der Waals surface area (Å²) in [5.41, 5.74) is 5.71. The molecular formula is C23H24N2O2. The Morgan fingerprint density at radius 3 is 2.04 bits per heavy atom. The summed E-state index contributed by atoms with van der Waals surface area (Å²) in [5.74, 6) is 1.21. The third-order valence-corrected chi connectivity index (χ3v) is 6.36. The molecule has 4 nitrogen and oxygen atoms in total. The average Bonchev–Trinajstić information content (AvgIpc) is 3.56. The molecule has 2 aromatic carbocycles. The first kappa shape index (κ1) is 16.5. The van der Waals surface area contributed by atoms with Gasteiger partial charge in [-0.05, 0) is 47.4 Å². The van der Waals surface area contributed by atoms with Crippen molar-refractivity contribution in [3.63, 3.8) is 0 Å². The highest BCUT2D eigenvalue weighted by molar-refractivity contribution is 5.86. The predicted octanol–water partition coefficient (Wildman–Crippen LogP) is 2.93. The lowest BCUT2D eigenvalue weighted by Crippen LogP contribution is -2.42. The van der Waals surface area contributed by atoms with Crippen molar-refractivity contribution >= 4 is 11.8 Å². The monoisotopic (exact) mass is 360 g/mol. The van der Waals surface area contributed by atoms with Crippen LogP contribution in [0.25, 0.3) is 0 Å². The molecule has 0 radical (unpaired) electrons. The van der Waals surface area contributed by atoms with Crippen LogP contribution < -0.4 is 10.6 Å². The molecule has 0 aliphatic heterocycles. The maximum atomic E-state index is 12.2. The zero-order chi connectivity index (χ0) is 18.4. The number of rotatable bonds is 5. The summed E-state index contributed by atoms with van der Waals surface area (Å²) in [4.78, 5) is 23.9. The SMILES string of the molecule is O=C(CNC(=O)C1CC1)NCC1CC2c3ccccc3C1c1ccccc12. The van der Waals surface area contributed by atoms with Crippen molar-refractivity contribution in [1.82, 2.24) is 10.6 Å². The van der Waals surface area contributed by atoms with Gasteiger partial charge in [0.05, 0.1) is 6.54 Å². The van der Waals surface area contributed by atoms with Gasteiger partial charge in [0.2, 0.25) is 11.8 Å². The molecule has 4 aliphatic rings. The van der Waals surface area contributed by atoms with E-state index in [-0.39, 0.29) is 24.3 Å². The molecule has 0 saturated heterocycles. The first-order valence-electron chi connectivity index (χ1n) is 9.94. The van der Waals surface area contributed by atoms with Gasteiger partial charge in [-0.2, -0.15) is 0 Å². The van der Waals surface area contributed by atoms with Crippen molar-refractivity contribution in [2.24, 2.45) is 11.8 Å². The van der Waals surface area contributed by atoms with E-state index in [1.54, 1.807) is 0 Å². The fraction of sp³-hybridized carbons (Fsp3) is 0.391. The van der Waals surface area contributed by atoms with Crippen LogP contribution in [0, 0.1) is 11.8 Å². The summed E-state index contributed by atoms with van der Waals surface area (Å²) >= 11 is 0. The number of carbonyl (C=O) groups is 2. The van der Waals surface area contributed by atoms with Crippen LogP contribution in [0.2, 0.25) is 0 Å². The highest BCUT2D eigenvalue weighted by Gasteiger charge is 2.42. The van der Waals surface area contributed by atoms with Crippen LogP contribution in [-0.4, -0.2) is 24.9 Å². The largest absolute Gasteiger partial charge is 0.354 e. The minimum Gasteiger partial charge on any atom is -0.354 e. The van der Waals surface area contributed by atoms with E-state index in [0.717, 1.165) is 19.3 Å². The number of benzene rings is 2. The van der Waals surface area contributed by atoms with E-state index in [1.165, 1.54) is 22.3 Å². The Morgan fingerprint density at radius 1 is 0.852 bits per heavy atom. The number of carbonyl (C=O) groups excluding carboxylic acids is 2. The summed E-state index contributed by atoms with van der Waals surface area (Å²) in [5, 5.41) is 5.81. The van der Waals surface area contributed by atoms with Crippen LogP contribution in [0.1, 0.15) is 53.4 Å². The molecule has 6 rings (SSSR count). The molecule has 27 heavy (non-hydrogen) atoms. The number of fused-ring (bicyclic) bond motifs is 1. The molecule has 2 aromatic rings. The van der Waals surface area contributed by atoms with E-state index in [0.29, 0.717) is 24.3 Å². The summed E-state index contributed by atoms with van der Waals surface area (Å²) in [6.45, 7) is 0.741. The van der Waals surface area contributed by atoms with Gasteiger partial charge in [0.1, 0.15) is 0 Å². The van der Waals surface area contributed by atoms with E-state index < -0.39 is 0 Å². The smallest absolute Gasteiger partial charge is 0.239 e. The first-order valence-corrected chi connectivity index (χ1v) is 9.94. The van der Waals surface area contributed by atoms with E-state index in [1.807, 2.05) is 0 Å². The summed E-state index contributed by atoms with van der Waals surface area (Å²) in [6, 6.07) is 17.5. The maximum absolute atomic E-state index is 12.2. The van der Waals surface area contributed by atoms with Gasteiger partial charge in [0, 0.05) is 24.3 Å². The number of amides is 2. The van der Waals surface area contributed by atoms with Crippen molar-refractivity contribution in [1.29, 1.82) is 0 Å². The molecule has 1 saturated carbocycles. The summed E-state index contributed by atoms with van der Waals surface area (Å²) in [7, 11) is 0. The fourth-order valence-electron chi connectivity index (χ4n) is 4.92. The molecule has 2 amide bonds. The Hall–Kier alpha value is -2.62. The zero-order valence-electron chi connectivity index (χ0n) is 15.3. The van der Waals surface area contributed by atoms with E-state index >= 15 is 0 Å². The molecule has 1 fully saturated rings.